The van der Waals surface area contributed by atoms with Gasteiger partial charge >= 0.3 is 0 Å². The molecule has 64 valence electrons. The van der Waals surface area contributed by atoms with Crippen molar-refractivity contribution in [3.05, 3.63) is 24.3 Å². The summed E-state index contributed by atoms with van der Waals surface area (Å²) in [5, 5.41) is 3.14. The van der Waals surface area contributed by atoms with E-state index in [0.717, 1.165) is 18.2 Å². The third kappa shape index (κ3) is 1.94. The van der Waals surface area contributed by atoms with Crippen LogP contribution in [-0.4, -0.2) is 11.5 Å². The van der Waals surface area contributed by atoms with Crippen LogP contribution in [0.5, 0.6) is 0 Å². The van der Waals surface area contributed by atoms with Crippen molar-refractivity contribution in [1.82, 2.24) is 4.98 Å². The Bertz CT molecular complexity index is 271. The van der Waals surface area contributed by atoms with Gasteiger partial charge in [-0.1, -0.05) is 0 Å². The summed E-state index contributed by atoms with van der Waals surface area (Å²) in [4.78, 5) is 3.75. The molecule has 0 amide bonds. The average molecular weight is 166 g/mol. The van der Waals surface area contributed by atoms with Crippen LogP contribution in [0.2, 0.25) is 0 Å². The Balaban J connectivity index is 1.92. The molecule has 1 saturated carbocycles. The lowest BCUT2D eigenvalue weighted by molar-refractivity contribution is 0.621. The van der Waals surface area contributed by atoms with E-state index >= 15 is 0 Å². The van der Waals surface area contributed by atoms with Gasteiger partial charge < -0.3 is 5.32 Å². The second-order valence-electron chi connectivity index (χ2n) is 3.22. The van der Waals surface area contributed by atoms with Gasteiger partial charge in [0.25, 0.3) is 0 Å². The Morgan fingerprint density at radius 3 is 3.00 bits per heavy atom. The molecule has 1 aliphatic rings. The summed E-state index contributed by atoms with van der Waals surface area (Å²) < 4.78 is 12.6. The van der Waals surface area contributed by atoms with E-state index in [4.69, 9.17) is 0 Å². The molecule has 1 fully saturated rings. The van der Waals surface area contributed by atoms with Crippen molar-refractivity contribution in [3.63, 3.8) is 0 Å². The molecule has 3 heteroatoms. The van der Waals surface area contributed by atoms with E-state index < -0.39 is 0 Å². The van der Waals surface area contributed by atoms with E-state index in [1.807, 2.05) is 0 Å². The summed E-state index contributed by atoms with van der Waals surface area (Å²) in [5.74, 6) is 0.518. The van der Waals surface area contributed by atoms with Crippen molar-refractivity contribution < 1.29 is 4.39 Å². The van der Waals surface area contributed by atoms with E-state index in [0.29, 0.717) is 0 Å². The first-order valence-corrected chi connectivity index (χ1v) is 4.19. The highest BCUT2D eigenvalue weighted by Gasteiger charge is 2.20. The normalized spacial score (nSPS) is 16.1. The third-order valence-electron chi connectivity index (χ3n) is 2.00. The third-order valence-corrected chi connectivity index (χ3v) is 2.00. The lowest BCUT2D eigenvalue weighted by Gasteiger charge is -2.03. The second-order valence-corrected chi connectivity index (χ2v) is 3.22. The van der Waals surface area contributed by atoms with Crippen molar-refractivity contribution in [2.24, 2.45) is 5.92 Å². The standard InChI is InChI=1S/C9H11FN2/c10-8-3-9(6-11-5-8)12-4-7-1-2-7/h3,5-7,12H,1-2,4H2. The molecule has 0 unspecified atom stereocenters. The molecule has 0 radical (unpaired) electrons. The van der Waals surface area contributed by atoms with Gasteiger partial charge in [-0.2, -0.15) is 0 Å². The van der Waals surface area contributed by atoms with Crippen molar-refractivity contribution in [3.8, 4) is 0 Å². The van der Waals surface area contributed by atoms with Crippen LogP contribution in [0.3, 0.4) is 0 Å². The minimum atomic E-state index is -0.282. The van der Waals surface area contributed by atoms with Crippen LogP contribution in [0.15, 0.2) is 18.5 Å². The number of nitrogens with zero attached hydrogens (tertiary/aromatic N) is 1. The molecular formula is C9H11FN2. The summed E-state index contributed by atoms with van der Waals surface area (Å²) >= 11 is 0. The summed E-state index contributed by atoms with van der Waals surface area (Å²) in [6, 6.07) is 1.47. The van der Waals surface area contributed by atoms with Gasteiger partial charge in [0.15, 0.2) is 0 Å². The van der Waals surface area contributed by atoms with Crippen LogP contribution < -0.4 is 5.32 Å². The Labute approximate surface area is 70.8 Å². The predicted octanol–water partition coefficient (Wildman–Crippen LogP) is 2.04. The molecule has 1 aromatic rings. The molecule has 0 spiro atoms. The predicted molar refractivity (Wildman–Crippen MR) is 45.4 cm³/mol. The van der Waals surface area contributed by atoms with E-state index in [1.165, 1.54) is 25.1 Å². The van der Waals surface area contributed by atoms with Crippen LogP contribution in [0.1, 0.15) is 12.8 Å². The average Bonchev–Trinajstić information content (AvgIpc) is 2.84. The zero-order valence-electron chi connectivity index (χ0n) is 6.76. The molecule has 1 aromatic heterocycles. The van der Waals surface area contributed by atoms with Gasteiger partial charge in [0.2, 0.25) is 0 Å². The maximum Gasteiger partial charge on any atom is 0.143 e. The molecule has 0 aromatic carbocycles. The highest BCUT2D eigenvalue weighted by Crippen LogP contribution is 2.28. The van der Waals surface area contributed by atoms with Gasteiger partial charge in [-0.15, -0.1) is 0 Å². The summed E-state index contributed by atoms with van der Waals surface area (Å²) in [5.41, 5.74) is 0.780. The topological polar surface area (TPSA) is 24.9 Å². The second kappa shape index (κ2) is 3.09. The molecule has 0 saturated heterocycles. The van der Waals surface area contributed by atoms with E-state index in [9.17, 15) is 4.39 Å². The summed E-state index contributed by atoms with van der Waals surface area (Å²) in [6.07, 6.45) is 5.46. The van der Waals surface area contributed by atoms with E-state index in [2.05, 4.69) is 10.3 Å². The number of aromatic nitrogens is 1. The van der Waals surface area contributed by atoms with Gasteiger partial charge in [0, 0.05) is 12.6 Å². The highest BCUT2D eigenvalue weighted by atomic mass is 19.1. The van der Waals surface area contributed by atoms with Crippen LogP contribution in [0, 0.1) is 11.7 Å². The first-order valence-electron chi connectivity index (χ1n) is 4.19. The Kier molecular flexibility index (Phi) is 1.94. The smallest absolute Gasteiger partial charge is 0.143 e. The molecule has 1 N–H and O–H groups in total. The Morgan fingerprint density at radius 2 is 2.33 bits per heavy atom. The monoisotopic (exact) mass is 166 g/mol. The fourth-order valence-electron chi connectivity index (χ4n) is 1.09. The first-order chi connectivity index (χ1) is 5.84. The maximum atomic E-state index is 12.6. The number of nitrogens with one attached hydrogen (secondary N) is 1. The Hall–Kier alpha value is -1.12. The van der Waals surface area contributed by atoms with Crippen LogP contribution in [-0.2, 0) is 0 Å². The highest BCUT2D eigenvalue weighted by molar-refractivity contribution is 5.40. The lowest BCUT2D eigenvalue weighted by Crippen LogP contribution is -2.03. The quantitative estimate of drug-likeness (QED) is 0.743. The van der Waals surface area contributed by atoms with Crippen LogP contribution in [0.4, 0.5) is 10.1 Å². The SMILES string of the molecule is Fc1cncc(NCC2CC2)c1. The molecule has 1 heterocycles. The minimum absolute atomic E-state index is 0.282. The molecule has 2 rings (SSSR count). The van der Waals surface area contributed by atoms with Gasteiger partial charge in [-0.25, -0.2) is 4.39 Å². The number of halogens is 1. The summed E-state index contributed by atoms with van der Waals surface area (Å²) in [7, 11) is 0. The minimum Gasteiger partial charge on any atom is -0.383 e. The largest absolute Gasteiger partial charge is 0.383 e. The number of pyridine rings is 1. The summed E-state index contributed by atoms with van der Waals surface area (Å²) in [6.45, 7) is 0.950. The van der Waals surface area contributed by atoms with Crippen molar-refractivity contribution in [2.45, 2.75) is 12.8 Å². The molecule has 0 bridgehead atoms. The fraction of sp³-hybridized carbons (Fsp3) is 0.444. The first kappa shape index (κ1) is 7.53. The van der Waals surface area contributed by atoms with Gasteiger partial charge in [0.05, 0.1) is 18.1 Å². The zero-order valence-corrected chi connectivity index (χ0v) is 6.76. The lowest BCUT2D eigenvalue weighted by atomic mass is 10.3. The van der Waals surface area contributed by atoms with Gasteiger partial charge in [-0.3, -0.25) is 4.98 Å². The van der Waals surface area contributed by atoms with Crippen molar-refractivity contribution in [2.75, 3.05) is 11.9 Å². The van der Waals surface area contributed by atoms with Crippen molar-refractivity contribution >= 4 is 5.69 Å². The molecular weight excluding hydrogens is 155 g/mol. The van der Waals surface area contributed by atoms with E-state index in [-0.39, 0.29) is 5.82 Å². The molecule has 0 aliphatic heterocycles. The fourth-order valence-corrected chi connectivity index (χ4v) is 1.09. The molecule has 12 heavy (non-hydrogen) atoms. The molecule has 1 aliphatic carbocycles. The number of rotatable bonds is 3. The van der Waals surface area contributed by atoms with Crippen molar-refractivity contribution in [1.29, 1.82) is 0 Å². The molecule has 2 nitrogen and oxygen atoms in total. The maximum absolute atomic E-state index is 12.6. The van der Waals surface area contributed by atoms with Gasteiger partial charge in [-0.05, 0) is 18.8 Å². The van der Waals surface area contributed by atoms with Gasteiger partial charge in [0.1, 0.15) is 5.82 Å². The van der Waals surface area contributed by atoms with Crippen LogP contribution in [0.25, 0.3) is 0 Å². The number of anilines is 1. The van der Waals surface area contributed by atoms with E-state index in [1.54, 1.807) is 6.20 Å². The number of hydrogen-bond acceptors (Lipinski definition) is 2. The van der Waals surface area contributed by atoms with Crippen LogP contribution >= 0.6 is 0 Å². The number of hydrogen-bond donors (Lipinski definition) is 1. The Morgan fingerprint density at radius 1 is 1.50 bits per heavy atom. The zero-order chi connectivity index (χ0) is 8.39. The molecule has 0 atom stereocenters.